The average molecular weight is 377 g/mol. The van der Waals surface area contributed by atoms with Gasteiger partial charge in [-0.05, 0) is 49.9 Å². The Hall–Kier alpha value is -2.47. The highest BCUT2D eigenvalue weighted by molar-refractivity contribution is 5.75. The third-order valence-corrected chi connectivity index (χ3v) is 6.53. The zero-order chi connectivity index (χ0) is 19.3. The second kappa shape index (κ2) is 6.55. The molecular weight excluding hydrogens is 348 g/mol. The highest BCUT2D eigenvalue weighted by atomic mass is 15.2. The Morgan fingerprint density at radius 3 is 2.82 bits per heavy atom. The first-order chi connectivity index (χ1) is 13.6. The second-order valence-corrected chi connectivity index (χ2v) is 8.61. The third kappa shape index (κ3) is 2.78. The molecule has 0 saturated carbocycles. The van der Waals surface area contributed by atoms with Crippen LogP contribution in [0.1, 0.15) is 36.3 Å². The standard InChI is InChI=1S/C22H28N6/c1-26(2)21-23-13-16-9-11-22(20(16)25-21)10-6-12-28(15-22)14-19-24-17-7-4-5-8-18(17)27(19)3/h4-5,7-8,13H,6,9-12,14-15H2,1-3H3. The van der Waals surface area contributed by atoms with Crippen LogP contribution in [0.15, 0.2) is 30.5 Å². The predicted octanol–water partition coefficient (Wildman–Crippen LogP) is 2.91. The van der Waals surface area contributed by atoms with Crippen LogP contribution in [0, 0.1) is 0 Å². The van der Waals surface area contributed by atoms with Gasteiger partial charge in [0.1, 0.15) is 5.82 Å². The summed E-state index contributed by atoms with van der Waals surface area (Å²) < 4.78 is 2.24. The molecule has 0 N–H and O–H groups in total. The largest absolute Gasteiger partial charge is 0.347 e. The molecule has 1 unspecified atom stereocenters. The van der Waals surface area contributed by atoms with E-state index in [1.54, 1.807) is 0 Å². The highest BCUT2D eigenvalue weighted by Gasteiger charge is 2.44. The van der Waals surface area contributed by atoms with Crippen molar-refractivity contribution in [3.63, 3.8) is 0 Å². The lowest BCUT2D eigenvalue weighted by molar-refractivity contribution is 0.133. The minimum atomic E-state index is 0.172. The Morgan fingerprint density at radius 2 is 2.00 bits per heavy atom. The maximum absolute atomic E-state index is 4.99. The maximum atomic E-state index is 4.99. The molecule has 28 heavy (non-hydrogen) atoms. The summed E-state index contributed by atoms with van der Waals surface area (Å²) in [4.78, 5) is 19.0. The number of benzene rings is 1. The molecule has 5 rings (SSSR count). The summed E-state index contributed by atoms with van der Waals surface area (Å²) in [6.45, 7) is 3.09. The number of anilines is 1. The second-order valence-electron chi connectivity index (χ2n) is 8.61. The van der Waals surface area contributed by atoms with Gasteiger partial charge in [0.25, 0.3) is 0 Å². The molecule has 6 heteroatoms. The van der Waals surface area contributed by atoms with Gasteiger partial charge in [-0.15, -0.1) is 0 Å². The van der Waals surface area contributed by atoms with Crippen molar-refractivity contribution in [2.75, 3.05) is 32.1 Å². The summed E-state index contributed by atoms with van der Waals surface area (Å²) >= 11 is 0. The lowest BCUT2D eigenvalue weighted by atomic mass is 9.77. The van der Waals surface area contributed by atoms with E-state index >= 15 is 0 Å². The van der Waals surface area contributed by atoms with Crippen LogP contribution in [0.4, 0.5) is 5.95 Å². The number of hydrogen-bond acceptors (Lipinski definition) is 5. The van der Waals surface area contributed by atoms with Gasteiger partial charge in [0.05, 0.1) is 23.3 Å². The predicted molar refractivity (Wildman–Crippen MR) is 112 cm³/mol. The van der Waals surface area contributed by atoms with E-state index in [2.05, 4.69) is 52.0 Å². The van der Waals surface area contributed by atoms with Gasteiger partial charge >= 0.3 is 0 Å². The molecular formula is C22H28N6. The van der Waals surface area contributed by atoms with Crippen LogP contribution in [0.3, 0.4) is 0 Å². The molecule has 1 fully saturated rings. The van der Waals surface area contributed by atoms with Crippen molar-refractivity contribution in [1.82, 2.24) is 24.4 Å². The number of para-hydroxylation sites is 2. The maximum Gasteiger partial charge on any atom is 0.225 e. The lowest BCUT2D eigenvalue weighted by Gasteiger charge is -2.40. The molecule has 0 radical (unpaired) electrons. The number of imidazole rings is 1. The van der Waals surface area contributed by atoms with Crippen LogP contribution in [0.25, 0.3) is 11.0 Å². The van der Waals surface area contributed by atoms with Crippen molar-refractivity contribution in [3.8, 4) is 0 Å². The van der Waals surface area contributed by atoms with Crippen molar-refractivity contribution in [2.24, 2.45) is 7.05 Å². The molecule has 2 aromatic heterocycles. The SMILES string of the molecule is CN(C)c1ncc2c(n1)C1(CCCN(Cc3nc4ccccc4n3C)C1)CC2. The van der Waals surface area contributed by atoms with Crippen LogP contribution in [0.5, 0.6) is 0 Å². The van der Waals surface area contributed by atoms with Crippen LogP contribution in [0.2, 0.25) is 0 Å². The van der Waals surface area contributed by atoms with E-state index in [4.69, 9.17) is 9.97 Å². The van der Waals surface area contributed by atoms with E-state index in [1.807, 2.05) is 19.0 Å². The first kappa shape index (κ1) is 17.6. The molecule has 1 saturated heterocycles. The Morgan fingerprint density at radius 1 is 1.14 bits per heavy atom. The fourth-order valence-corrected chi connectivity index (χ4v) is 5.04. The number of aromatic nitrogens is 4. The van der Waals surface area contributed by atoms with E-state index in [-0.39, 0.29) is 5.41 Å². The van der Waals surface area contributed by atoms with E-state index in [0.717, 1.165) is 43.3 Å². The van der Waals surface area contributed by atoms with Crippen LogP contribution in [-0.2, 0) is 25.4 Å². The Labute approximate surface area is 166 Å². The van der Waals surface area contributed by atoms with Crippen LogP contribution < -0.4 is 4.90 Å². The van der Waals surface area contributed by atoms with E-state index < -0.39 is 0 Å². The summed E-state index contributed by atoms with van der Waals surface area (Å²) in [6.07, 6.45) is 6.78. The molecule has 146 valence electrons. The molecule has 6 nitrogen and oxygen atoms in total. The number of hydrogen-bond donors (Lipinski definition) is 0. The number of piperidine rings is 1. The van der Waals surface area contributed by atoms with Crippen molar-refractivity contribution < 1.29 is 0 Å². The normalized spacial score (nSPS) is 22.1. The van der Waals surface area contributed by atoms with Crippen molar-refractivity contribution in [2.45, 2.75) is 37.6 Å². The quantitative estimate of drug-likeness (QED) is 0.703. The van der Waals surface area contributed by atoms with Crippen molar-refractivity contribution in [1.29, 1.82) is 0 Å². The molecule has 1 atom stereocenters. The van der Waals surface area contributed by atoms with Crippen molar-refractivity contribution in [3.05, 3.63) is 47.5 Å². The van der Waals surface area contributed by atoms with Crippen LogP contribution >= 0.6 is 0 Å². The summed E-state index contributed by atoms with van der Waals surface area (Å²) in [6, 6.07) is 8.40. The zero-order valence-corrected chi connectivity index (χ0v) is 17.0. The summed E-state index contributed by atoms with van der Waals surface area (Å²) in [5, 5.41) is 0. The van der Waals surface area contributed by atoms with Gasteiger partial charge in [-0.1, -0.05) is 12.1 Å². The van der Waals surface area contributed by atoms with E-state index in [9.17, 15) is 0 Å². The minimum Gasteiger partial charge on any atom is -0.347 e. The third-order valence-electron chi connectivity index (χ3n) is 6.53. The highest BCUT2D eigenvalue weighted by Crippen LogP contribution is 2.44. The van der Waals surface area contributed by atoms with Crippen LogP contribution in [-0.4, -0.2) is 51.6 Å². The topological polar surface area (TPSA) is 50.1 Å². The van der Waals surface area contributed by atoms with Gasteiger partial charge in [-0.25, -0.2) is 15.0 Å². The summed E-state index contributed by atoms with van der Waals surface area (Å²) in [5.41, 5.74) is 5.10. The van der Waals surface area contributed by atoms with E-state index in [1.165, 1.54) is 36.0 Å². The molecule has 0 amide bonds. The average Bonchev–Trinajstić information content (AvgIpc) is 3.20. The molecule has 3 aromatic rings. The van der Waals surface area contributed by atoms with E-state index in [0.29, 0.717) is 0 Å². The fraction of sp³-hybridized carbons (Fsp3) is 0.500. The van der Waals surface area contributed by atoms with Gasteiger partial charge in [0.2, 0.25) is 5.95 Å². The van der Waals surface area contributed by atoms with Crippen molar-refractivity contribution >= 4 is 17.0 Å². The number of fused-ring (bicyclic) bond motifs is 3. The lowest BCUT2D eigenvalue weighted by Crippen LogP contribution is -2.45. The molecule has 3 heterocycles. The molecule has 1 aliphatic carbocycles. The van der Waals surface area contributed by atoms with Gasteiger partial charge < -0.3 is 9.47 Å². The van der Waals surface area contributed by atoms with Gasteiger partial charge in [0, 0.05) is 39.3 Å². The van der Waals surface area contributed by atoms with Gasteiger partial charge in [0.15, 0.2) is 0 Å². The first-order valence-corrected chi connectivity index (χ1v) is 10.2. The Kier molecular flexibility index (Phi) is 4.12. The van der Waals surface area contributed by atoms with Gasteiger partial charge in [-0.3, -0.25) is 4.90 Å². The first-order valence-electron chi connectivity index (χ1n) is 10.2. The monoisotopic (exact) mass is 376 g/mol. The summed E-state index contributed by atoms with van der Waals surface area (Å²) in [7, 11) is 6.16. The molecule has 1 aromatic carbocycles. The van der Waals surface area contributed by atoms with Gasteiger partial charge in [-0.2, -0.15) is 0 Å². The number of nitrogens with zero attached hydrogens (tertiary/aromatic N) is 6. The zero-order valence-electron chi connectivity index (χ0n) is 17.0. The number of likely N-dealkylation sites (tertiary alicyclic amines) is 1. The molecule has 1 aliphatic heterocycles. The number of rotatable bonds is 3. The molecule has 2 aliphatic rings. The molecule has 1 spiro atoms. The Bertz CT molecular complexity index is 1020. The number of aryl methyl sites for hydroxylation is 2. The molecule has 0 bridgehead atoms. The smallest absolute Gasteiger partial charge is 0.225 e. The summed E-state index contributed by atoms with van der Waals surface area (Å²) in [5.74, 6) is 1.97. The fourth-order valence-electron chi connectivity index (χ4n) is 5.04. The Balaban J connectivity index is 1.43. The minimum absolute atomic E-state index is 0.172.